The molecule has 0 radical (unpaired) electrons. The number of sulfone groups is 1. The first-order valence-corrected chi connectivity index (χ1v) is 9.71. The molecule has 8 nitrogen and oxygen atoms in total. The zero-order valence-electron chi connectivity index (χ0n) is 14.6. The highest BCUT2D eigenvalue weighted by atomic mass is 32.2. The number of ether oxygens (including phenoxy) is 3. The van der Waals surface area contributed by atoms with Crippen molar-refractivity contribution in [3.8, 4) is 11.5 Å². The lowest BCUT2D eigenvalue weighted by Crippen LogP contribution is -2.38. The molecule has 1 fully saturated rings. The summed E-state index contributed by atoms with van der Waals surface area (Å²) in [5.41, 5.74) is 0.666. The largest absolute Gasteiger partial charge is 0.497 e. The topological polar surface area (TPSA) is 108 Å². The number of carbonyl (C=O) groups excluding carboxylic acids is 2. The minimum atomic E-state index is -3.08. The van der Waals surface area contributed by atoms with Crippen molar-refractivity contribution in [2.24, 2.45) is 0 Å². The number of rotatable bonds is 7. The van der Waals surface area contributed by atoms with E-state index in [9.17, 15) is 18.0 Å². The first-order valence-electron chi connectivity index (χ1n) is 7.89. The molecular weight excluding hydrogens is 362 g/mol. The average molecular weight is 383 g/mol. The summed E-state index contributed by atoms with van der Waals surface area (Å²) in [5, 5.41) is 2.54. The third-order valence-corrected chi connectivity index (χ3v) is 5.50. The van der Waals surface area contributed by atoms with Gasteiger partial charge in [-0.1, -0.05) is 0 Å². The number of esters is 1. The van der Waals surface area contributed by atoms with Gasteiger partial charge >= 0.3 is 5.97 Å². The number of methoxy groups -OCH3 is 2. The molecule has 1 aliphatic heterocycles. The Bertz CT molecular complexity index is 779. The van der Waals surface area contributed by atoms with Gasteiger partial charge in [0.05, 0.1) is 25.7 Å². The maximum Gasteiger partial charge on any atom is 0.331 e. The van der Waals surface area contributed by atoms with Crippen molar-refractivity contribution >= 4 is 27.8 Å². The summed E-state index contributed by atoms with van der Waals surface area (Å²) < 4.78 is 37.8. The van der Waals surface area contributed by atoms with Crippen LogP contribution < -0.4 is 14.8 Å². The van der Waals surface area contributed by atoms with E-state index in [0.29, 0.717) is 23.5 Å². The maximum absolute atomic E-state index is 11.7. The van der Waals surface area contributed by atoms with E-state index in [-0.39, 0.29) is 11.5 Å². The molecule has 0 unspecified atom stereocenters. The molecule has 1 aliphatic rings. The van der Waals surface area contributed by atoms with Gasteiger partial charge in [-0.25, -0.2) is 13.2 Å². The molecule has 0 saturated carbocycles. The van der Waals surface area contributed by atoms with Crippen molar-refractivity contribution in [1.29, 1.82) is 0 Å². The van der Waals surface area contributed by atoms with Gasteiger partial charge in [-0.05, 0) is 30.2 Å². The van der Waals surface area contributed by atoms with E-state index in [0.717, 1.165) is 0 Å². The van der Waals surface area contributed by atoms with Crippen LogP contribution in [0.5, 0.6) is 11.5 Å². The van der Waals surface area contributed by atoms with Gasteiger partial charge < -0.3 is 19.5 Å². The number of carbonyl (C=O) groups is 2. The predicted molar refractivity (Wildman–Crippen MR) is 94.7 cm³/mol. The van der Waals surface area contributed by atoms with Crippen LogP contribution in [0.15, 0.2) is 24.3 Å². The Labute approximate surface area is 152 Å². The lowest BCUT2D eigenvalue weighted by Gasteiger charge is -2.10. The molecule has 0 bridgehead atoms. The second-order valence-electron chi connectivity index (χ2n) is 5.75. The number of benzene rings is 1. The second-order valence-corrected chi connectivity index (χ2v) is 7.98. The number of nitrogens with one attached hydrogen (secondary N) is 1. The van der Waals surface area contributed by atoms with Crippen LogP contribution in [-0.2, 0) is 24.2 Å². The molecule has 1 aromatic rings. The molecule has 1 saturated heterocycles. The lowest BCUT2D eigenvalue weighted by molar-refractivity contribution is -0.143. The first kappa shape index (κ1) is 19.8. The van der Waals surface area contributed by atoms with E-state index in [2.05, 4.69) is 5.32 Å². The Kier molecular flexibility index (Phi) is 6.62. The highest BCUT2D eigenvalue weighted by molar-refractivity contribution is 7.91. The fourth-order valence-electron chi connectivity index (χ4n) is 2.45. The summed E-state index contributed by atoms with van der Waals surface area (Å²) >= 11 is 0. The molecule has 9 heteroatoms. The molecule has 26 heavy (non-hydrogen) atoms. The third-order valence-electron chi connectivity index (χ3n) is 3.73. The Morgan fingerprint density at radius 3 is 2.38 bits per heavy atom. The quantitative estimate of drug-likeness (QED) is 0.541. The van der Waals surface area contributed by atoms with Crippen molar-refractivity contribution in [1.82, 2.24) is 5.32 Å². The van der Waals surface area contributed by atoms with E-state index in [1.165, 1.54) is 26.4 Å². The molecule has 0 aliphatic carbocycles. The van der Waals surface area contributed by atoms with Crippen LogP contribution in [0.3, 0.4) is 0 Å². The normalized spacial score (nSPS) is 18.5. The van der Waals surface area contributed by atoms with Gasteiger partial charge in [-0.2, -0.15) is 0 Å². The van der Waals surface area contributed by atoms with Crippen molar-refractivity contribution in [2.45, 2.75) is 12.5 Å². The molecule has 0 spiro atoms. The van der Waals surface area contributed by atoms with Gasteiger partial charge in [-0.3, -0.25) is 4.79 Å². The van der Waals surface area contributed by atoms with Gasteiger partial charge in [0.15, 0.2) is 16.4 Å². The predicted octanol–water partition coefficient (Wildman–Crippen LogP) is 0.564. The van der Waals surface area contributed by atoms with Crippen LogP contribution in [0.1, 0.15) is 12.0 Å². The van der Waals surface area contributed by atoms with Gasteiger partial charge in [0.2, 0.25) is 0 Å². The second kappa shape index (κ2) is 8.70. The monoisotopic (exact) mass is 383 g/mol. The first-order chi connectivity index (χ1) is 12.3. The molecule has 1 heterocycles. The van der Waals surface area contributed by atoms with Gasteiger partial charge in [-0.15, -0.1) is 0 Å². The summed E-state index contributed by atoms with van der Waals surface area (Å²) in [7, 11) is -0.0401. The van der Waals surface area contributed by atoms with E-state index in [1.54, 1.807) is 18.2 Å². The maximum atomic E-state index is 11.7. The molecular formula is C17H21NO7S. The van der Waals surface area contributed by atoms with Crippen LogP contribution >= 0.6 is 0 Å². The van der Waals surface area contributed by atoms with Crippen LogP contribution in [0.2, 0.25) is 0 Å². The summed E-state index contributed by atoms with van der Waals surface area (Å²) in [6, 6.07) is 4.69. The van der Waals surface area contributed by atoms with Crippen LogP contribution in [0.25, 0.3) is 6.08 Å². The smallest absolute Gasteiger partial charge is 0.331 e. The average Bonchev–Trinajstić information content (AvgIpc) is 2.96. The van der Waals surface area contributed by atoms with E-state index < -0.39 is 34.4 Å². The van der Waals surface area contributed by atoms with Crippen molar-refractivity contribution in [2.75, 3.05) is 32.3 Å². The van der Waals surface area contributed by atoms with E-state index in [4.69, 9.17) is 14.2 Å². The summed E-state index contributed by atoms with van der Waals surface area (Å²) in [5.74, 6) is -0.0984. The third kappa shape index (κ3) is 6.07. The molecule has 0 aromatic heterocycles. The van der Waals surface area contributed by atoms with Gasteiger partial charge in [0.1, 0.15) is 11.5 Å². The number of hydrogen-bond acceptors (Lipinski definition) is 7. The van der Waals surface area contributed by atoms with Crippen molar-refractivity contribution < 1.29 is 32.2 Å². The molecule has 1 amide bonds. The minimum Gasteiger partial charge on any atom is -0.497 e. The standard InChI is InChI=1S/C17H21NO7S/c1-23-14-7-12(8-15(9-14)24-2)3-4-17(20)25-10-16(19)18-13-5-6-26(21,22)11-13/h3-4,7-9,13H,5-6,10-11H2,1-2H3,(H,18,19)/b4-3+/t13-/m1/s1. The summed E-state index contributed by atoms with van der Waals surface area (Å²) in [4.78, 5) is 23.4. The van der Waals surface area contributed by atoms with Gasteiger partial charge in [0.25, 0.3) is 5.91 Å². The zero-order chi connectivity index (χ0) is 19.2. The van der Waals surface area contributed by atoms with Gasteiger partial charge in [0, 0.05) is 18.2 Å². The molecule has 142 valence electrons. The van der Waals surface area contributed by atoms with Crippen LogP contribution in [0, 0.1) is 0 Å². The summed E-state index contributed by atoms with van der Waals surface area (Å²) in [6.45, 7) is -0.471. The Morgan fingerprint density at radius 2 is 1.85 bits per heavy atom. The Morgan fingerprint density at radius 1 is 1.19 bits per heavy atom. The molecule has 1 N–H and O–H groups in total. The number of amides is 1. The Hall–Kier alpha value is -2.55. The number of hydrogen-bond donors (Lipinski definition) is 1. The lowest BCUT2D eigenvalue weighted by atomic mass is 10.2. The minimum absolute atomic E-state index is 0.0600. The van der Waals surface area contributed by atoms with E-state index >= 15 is 0 Å². The highest BCUT2D eigenvalue weighted by Gasteiger charge is 2.28. The van der Waals surface area contributed by atoms with Crippen LogP contribution in [0.4, 0.5) is 0 Å². The highest BCUT2D eigenvalue weighted by Crippen LogP contribution is 2.23. The fourth-order valence-corrected chi connectivity index (χ4v) is 4.13. The summed E-state index contributed by atoms with van der Waals surface area (Å²) in [6.07, 6.45) is 3.07. The molecule has 1 aromatic carbocycles. The zero-order valence-corrected chi connectivity index (χ0v) is 15.4. The van der Waals surface area contributed by atoms with Crippen LogP contribution in [-0.4, -0.2) is 58.7 Å². The Balaban J connectivity index is 1.83. The SMILES string of the molecule is COc1cc(/C=C/C(=O)OCC(=O)N[C@@H]2CCS(=O)(=O)C2)cc(OC)c1. The van der Waals surface area contributed by atoms with Crippen molar-refractivity contribution in [3.05, 3.63) is 29.8 Å². The molecule has 2 rings (SSSR count). The fraction of sp³-hybridized carbons (Fsp3) is 0.412. The molecule has 1 atom stereocenters. The van der Waals surface area contributed by atoms with Crippen molar-refractivity contribution in [3.63, 3.8) is 0 Å². The van der Waals surface area contributed by atoms with E-state index in [1.807, 2.05) is 0 Å².